The van der Waals surface area contributed by atoms with E-state index in [0.717, 1.165) is 89.9 Å². The SMILES string of the molecule is CC/C=C\C/C=C\C/C=C\C/C=C\C/C=C\C/C=C\C/C=C\C/C=C\CCCCCCCCCCCCCCC(=O)OC(COC(=O)CCCCCCCCCCCCCCCCCCCCC)COP(=O)([O-])OCC[N+](C)(C)C. The summed E-state index contributed by atoms with van der Waals surface area (Å²) in [5.74, 6) is -0.827. The zero-order valence-electron chi connectivity index (χ0n) is 52.5. The van der Waals surface area contributed by atoms with Crippen molar-refractivity contribution < 1.29 is 42.1 Å². The predicted octanol–water partition coefficient (Wildman–Crippen LogP) is 20.5. The molecule has 9 nitrogen and oxygen atoms in total. The molecule has 462 valence electrons. The molecular weight excluding hydrogens is 1010 g/mol. The number of quaternary nitrogens is 1. The Labute approximate surface area is 493 Å². The monoisotopic (exact) mass is 1140 g/mol. The zero-order chi connectivity index (χ0) is 58.4. The average molecular weight is 1140 g/mol. The first-order valence-electron chi connectivity index (χ1n) is 32.9. The molecule has 0 amide bonds. The Kier molecular flexibility index (Phi) is 58.2. The molecule has 80 heavy (non-hydrogen) atoms. The molecule has 0 fully saturated rings. The van der Waals surface area contributed by atoms with Gasteiger partial charge in [0.25, 0.3) is 7.82 Å². The van der Waals surface area contributed by atoms with Crippen molar-refractivity contribution in [1.29, 1.82) is 0 Å². The number of rotatable bonds is 60. The quantitative estimate of drug-likeness (QED) is 0.0195. The van der Waals surface area contributed by atoms with Crippen molar-refractivity contribution in [3.05, 3.63) is 97.2 Å². The summed E-state index contributed by atoms with van der Waals surface area (Å²) in [4.78, 5) is 38.0. The Balaban J connectivity index is 4.07. The standard InChI is InChI=1S/C70H124NO8P/c1-6-8-10-12-14-16-18-20-22-24-26-27-28-29-30-31-32-33-34-35-36-37-38-39-40-41-42-43-45-47-49-51-53-55-57-59-61-63-70(73)79-68(67-78-80(74,75)77-65-64-71(3,4)5)66-76-69(72)62-60-58-56-54-52-50-48-46-44-25-23-21-19-17-15-13-11-9-7-2/h8,10,14,16,20,22,26-27,29-30,32-33,35-36,38-39,68H,6-7,9,11-13,15,17-19,21,23-25,28,31,34,37,40-67H2,1-5H3/b10-8-,16-14-,22-20-,27-26-,30-29-,33-32-,36-35-,39-38-. The van der Waals surface area contributed by atoms with E-state index in [1.807, 2.05) is 21.1 Å². The lowest BCUT2D eigenvalue weighted by Crippen LogP contribution is -2.37. The Bertz CT molecular complexity index is 1670. The molecule has 0 aliphatic heterocycles. The molecule has 0 aromatic heterocycles. The molecule has 0 heterocycles. The smallest absolute Gasteiger partial charge is 0.306 e. The summed E-state index contributed by atoms with van der Waals surface area (Å²) < 4.78 is 34.2. The van der Waals surface area contributed by atoms with Crippen LogP contribution >= 0.6 is 7.82 Å². The molecule has 0 saturated carbocycles. The highest BCUT2D eigenvalue weighted by Gasteiger charge is 2.22. The molecule has 0 aliphatic carbocycles. The lowest BCUT2D eigenvalue weighted by Gasteiger charge is -2.28. The number of unbranched alkanes of at least 4 members (excludes halogenated alkanes) is 30. The molecule has 0 aliphatic rings. The van der Waals surface area contributed by atoms with Gasteiger partial charge in [0, 0.05) is 12.8 Å². The van der Waals surface area contributed by atoms with Crippen LogP contribution in [0.15, 0.2) is 97.2 Å². The highest BCUT2D eigenvalue weighted by molar-refractivity contribution is 7.45. The van der Waals surface area contributed by atoms with Gasteiger partial charge in [0.05, 0.1) is 27.7 Å². The molecule has 10 heteroatoms. The first-order chi connectivity index (χ1) is 39.0. The second-order valence-corrected chi connectivity index (χ2v) is 24.5. The number of nitrogens with zero attached hydrogens (tertiary/aromatic N) is 1. The maximum atomic E-state index is 12.8. The van der Waals surface area contributed by atoms with Crippen molar-refractivity contribution in [1.82, 2.24) is 0 Å². The predicted molar refractivity (Wildman–Crippen MR) is 342 cm³/mol. The van der Waals surface area contributed by atoms with Gasteiger partial charge >= 0.3 is 11.9 Å². The van der Waals surface area contributed by atoms with Crippen LogP contribution in [-0.2, 0) is 32.7 Å². The van der Waals surface area contributed by atoms with E-state index in [1.54, 1.807) is 0 Å². The van der Waals surface area contributed by atoms with Crippen molar-refractivity contribution in [2.45, 2.75) is 290 Å². The van der Waals surface area contributed by atoms with Gasteiger partial charge in [-0.3, -0.25) is 14.2 Å². The van der Waals surface area contributed by atoms with Gasteiger partial charge < -0.3 is 27.9 Å². The number of carbonyl (C=O) groups is 2. The fourth-order valence-corrected chi connectivity index (χ4v) is 9.81. The van der Waals surface area contributed by atoms with Crippen LogP contribution in [0.25, 0.3) is 0 Å². The number of carbonyl (C=O) groups excluding carboxylic acids is 2. The molecule has 0 spiro atoms. The van der Waals surface area contributed by atoms with Crippen molar-refractivity contribution in [2.75, 3.05) is 47.5 Å². The molecule has 0 bridgehead atoms. The minimum absolute atomic E-state index is 0.0328. The minimum Gasteiger partial charge on any atom is -0.756 e. The van der Waals surface area contributed by atoms with E-state index >= 15 is 0 Å². The largest absolute Gasteiger partial charge is 0.756 e. The number of hydrogen-bond donors (Lipinski definition) is 0. The van der Waals surface area contributed by atoms with Crippen molar-refractivity contribution in [3.63, 3.8) is 0 Å². The minimum atomic E-state index is -4.64. The Morgan fingerprint density at radius 3 is 1.06 bits per heavy atom. The number of esters is 2. The van der Waals surface area contributed by atoms with E-state index in [0.29, 0.717) is 17.4 Å². The molecule has 2 atom stereocenters. The highest BCUT2D eigenvalue weighted by Crippen LogP contribution is 2.38. The van der Waals surface area contributed by atoms with E-state index in [9.17, 15) is 19.0 Å². The van der Waals surface area contributed by atoms with Crippen LogP contribution < -0.4 is 4.89 Å². The molecule has 0 aromatic rings. The van der Waals surface area contributed by atoms with Gasteiger partial charge in [0.15, 0.2) is 6.10 Å². The molecule has 0 N–H and O–H groups in total. The summed E-state index contributed by atoms with van der Waals surface area (Å²) in [6, 6.07) is 0. The summed E-state index contributed by atoms with van der Waals surface area (Å²) in [5, 5.41) is 0. The zero-order valence-corrected chi connectivity index (χ0v) is 53.4. The van der Waals surface area contributed by atoms with Gasteiger partial charge in [-0.05, 0) is 77.0 Å². The molecule has 0 rings (SSSR count). The first-order valence-corrected chi connectivity index (χ1v) is 34.4. The summed E-state index contributed by atoms with van der Waals surface area (Å²) >= 11 is 0. The van der Waals surface area contributed by atoms with Crippen LogP contribution in [0, 0.1) is 0 Å². The normalized spacial score (nSPS) is 13.8. The molecular formula is C70H124NO8P. The number of phosphoric ester groups is 1. The number of phosphoric acid groups is 1. The van der Waals surface area contributed by atoms with Crippen LogP contribution in [0.2, 0.25) is 0 Å². The lowest BCUT2D eigenvalue weighted by molar-refractivity contribution is -0.870. The Morgan fingerprint density at radius 1 is 0.400 bits per heavy atom. The van der Waals surface area contributed by atoms with Gasteiger partial charge in [0.2, 0.25) is 0 Å². The van der Waals surface area contributed by atoms with Gasteiger partial charge in [-0.2, -0.15) is 0 Å². The first kappa shape index (κ1) is 76.9. The van der Waals surface area contributed by atoms with Crippen LogP contribution in [0.3, 0.4) is 0 Å². The van der Waals surface area contributed by atoms with Gasteiger partial charge in [-0.1, -0.05) is 291 Å². The van der Waals surface area contributed by atoms with Crippen LogP contribution in [0.5, 0.6) is 0 Å². The van der Waals surface area contributed by atoms with Gasteiger partial charge in [-0.25, -0.2) is 0 Å². The molecule has 2 unspecified atom stereocenters. The fraction of sp³-hybridized carbons (Fsp3) is 0.743. The third-order valence-electron chi connectivity index (χ3n) is 14.1. The number of likely N-dealkylation sites (N-methyl/N-ethyl adjacent to an activating group) is 1. The Morgan fingerprint density at radius 2 is 0.713 bits per heavy atom. The number of allylic oxidation sites excluding steroid dienone is 16. The number of ether oxygens (including phenoxy) is 2. The molecule has 0 aromatic carbocycles. The van der Waals surface area contributed by atoms with Crippen LogP contribution in [-0.4, -0.2) is 70.0 Å². The number of hydrogen-bond acceptors (Lipinski definition) is 8. The van der Waals surface area contributed by atoms with Gasteiger partial charge in [0.1, 0.15) is 19.8 Å². The highest BCUT2D eigenvalue weighted by atomic mass is 31.2. The van der Waals surface area contributed by atoms with E-state index in [4.69, 9.17) is 18.5 Å². The van der Waals surface area contributed by atoms with Crippen molar-refractivity contribution in [3.8, 4) is 0 Å². The topological polar surface area (TPSA) is 111 Å². The second kappa shape index (κ2) is 60.5. The Hall–Kier alpha value is -3.07. The van der Waals surface area contributed by atoms with Gasteiger partial charge in [-0.15, -0.1) is 0 Å². The third kappa shape index (κ3) is 64.1. The molecule has 0 radical (unpaired) electrons. The fourth-order valence-electron chi connectivity index (χ4n) is 9.09. The average Bonchev–Trinajstić information content (AvgIpc) is 3.42. The van der Waals surface area contributed by atoms with Crippen LogP contribution in [0.1, 0.15) is 284 Å². The maximum Gasteiger partial charge on any atom is 0.306 e. The van der Waals surface area contributed by atoms with E-state index in [-0.39, 0.29) is 32.0 Å². The second-order valence-electron chi connectivity index (χ2n) is 23.1. The summed E-state index contributed by atoms with van der Waals surface area (Å²) in [5.41, 5.74) is 0. The van der Waals surface area contributed by atoms with E-state index in [2.05, 4.69) is 111 Å². The van der Waals surface area contributed by atoms with E-state index < -0.39 is 26.5 Å². The molecule has 0 saturated heterocycles. The third-order valence-corrected chi connectivity index (χ3v) is 15.1. The summed E-state index contributed by atoms with van der Waals surface area (Å²) in [6.45, 7) is 4.15. The van der Waals surface area contributed by atoms with Crippen molar-refractivity contribution in [2.24, 2.45) is 0 Å². The maximum absolute atomic E-state index is 12.8. The van der Waals surface area contributed by atoms with E-state index in [1.165, 1.54) is 161 Å². The lowest BCUT2D eigenvalue weighted by atomic mass is 10.0. The van der Waals surface area contributed by atoms with Crippen molar-refractivity contribution >= 4 is 19.8 Å². The van der Waals surface area contributed by atoms with Crippen LogP contribution in [0.4, 0.5) is 0 Å². The summed E-state index contributed by atoms with van der Waals surface area (Å²) in [7, 11) is 1.17. The summed E-state index contributed by atoms with van der Waals surface area (Å²) in [6.07, 6.45) is 83.3.